The van der Waals surface area contributed by atoms with Crippen LogP contribution in [-0.4, -0.2) is 75.0 Å². The molecule has 3 aliphatic rings. The lowest BCUT2D eigenvalue weighted by molar-refractivity contribution is 0.0681. The molecule has 0 aromatic heterocycles. The number of fused-ring (bicyclic) bond motifs is 2. The van der Waals surface area contributed by atoms with E-state index < -0.39 is 10.0 Å². The van der Waals surface area contributed by atoms with Gasteiger partial charge in [-0.05, 0) is 49.9 Å². The fraction of sp³-hybridized carbons (Fsp3) is 0.632. The third-order valence-corrected chi connectivity index (χ3v) is 7.94. The summed E-state index contributed by atoms with van der Waals surface area (Å²) in [5.74, 6) is -0.0448. The Kier molecular flexibility index (Phi) is 6.66. The maximum Gasteiger partial charge on any atom is 0.253 e. The minimum Gasteiger partial charge on any atom is -0.379 e. The lowest BCUT2D eigenvalue weighted by atomic mass is 9.98. The molecule has 1 aromatic carbocycles. The van der Waals surface area contributed by atoms with Crippen molar-refractivity contribution in [1.29, 1.82) is 0 Å². The molecule has 0 spiro atoms. The molecule has 3 fully saturated rings. The molecule has 9 heteroatoms. The van der Waals surface area contributed by atoms with Gasteiger partial charge in [0.1, 0.15) is 0 Å². The Morgan fingerprint density at radius 1 is 1.11 bits per heavy atom. The average molecular weight is 430 g/mol. The summed E-state index contributed by atoms with van der Waals surface area (Å²) in [5.41, 5.74) is 0.532. The molecule has 3 saturated heterocycles. The van der Waals surface area contributed by atoms with Gasteiger partial charge in [0.15, 0.2) is 0 Å². The quantitative estimate of drug-likeness (QED) is 0.784. The molecule has 1 aromatic rings. The standard InChI is InChI=1S/C19H27N3O4S.ClH/c1-21(17-12-15-4-5-16(13-17)20-15)19(23)14-2-6-18(7-3-14)27(24,25)22-8-10-26-11-9-22;/h2-3,6-7,15-17,20H,4-5,8-13H2,1H3;1H. The van der Waals surface area contributed by atoms with Crippen molar-refractivity contribution in [3.05, 3.63) is 29.8 Å². The monoisotopic (exact) mass is 429 g/mol. The second kappa shape index (κ2) is 8.67. The van der Waals surface area contributed by atoms with Gasteiger partial charge in [0.2, 0.25) is 10.0 Å². The van der Waals surface area contributed by atoms with E-state index >= 15 is 0 Å². The van der Waals surface area contributed by atoms with E-state index in [4.69, 9.17) is 4.74 Å². The number of morpholine rings is 1. The smallest absolute Gasteiger partial charge is 0.253 e. The highest BCUT2D eigenvalue weighted by atomic mass is 35.5. The molecule has 2 atom stereocenters. The number of carbonyl (C=O) groups is 1. The fourth-order valence-electron chi connectivity index (χ4n) is 4.42. The zero-order chi connectivity index (χ0) is 19.0. The van der Waals surface area contributed by atoms with Gasteiger partial charge < -0.3 is 15.0 Å². The van der Waals surface area contributed by atoms with Gasteiger partial charge in [0.25, 0.3) is 5.91 Å². The minimum atomic E-state index is -3.53. The summed E-state index contributed by atoms with van der Waals surface area (Å²) < 4.78 is 32.1. The molecule has 0 radical (unpaired) electrons. The summed E-state index contributed by atoms with van der Waals surface area (Å²) >= 11 is 0. The van der Waals surface area contributed by atoms with Crippen LogP contribution in [0.25, 0.3) is 0 Å². The Morgan fingerprint density at radius 2 is 1.68 bits per heavy atom. The normalized spacial score (nSPS) is 27.8. The van der Waals surface area contributed by atoms with E-state index in [1.54, 1.807) is 12.1 Å². The zero-order valence-corrected chi connectivity index (χ0v) is 17.7. The number of sulfonamides is 1. The molecule has 4 rings (SSSR count). The first-order chi connectivity index (χ1) is 12.9. The van der Waals surface area contributed by atoms with E-state index in [2.05, 4.69) is 5.32 Å². The average Bonchev–Trinajstić information content (AvgIpc) is 3.05. The number of carbonyl (C=O) groups excluding carboxylic acids is 1. The Morgan fingerprint density at radius 3 is 2.25 bits per heavy atom. The second-order valence-electron chi connectivity index (χ2n) is 7.72. The van der Waals surface area contributed by atoms with E-state index in [0.29, 0.717) is 44.0 Å². The van der Waals surface area contributed by atoms with Crippen molar-refractivity contribution in [2.75, 3.05) is 33.4 Å². The van der Waals surface area contributed by atoms with Crippen LogP contribution in [0.5, 0.6) is 0 Å². The van der Waals surface area contributed by atoms with Crippen LogP contribution in [-0.2, 0) is 14.8 Å². The molecule has 0 saturated carbocycles. The maximum absolute atomic E-state index is 12.9. The lowest BCUT2D eigenvalue weighted by Gasteiger charge is -2.35. The number of piperidine rings is 1. The van der Waals surface area contributed by atoms with Crippen LogP contribution in [0.15, 0.2) is 29.2 Å². The Bertz CT molecular complexity index is 784. The van der Waals surface area contributed by atoms with Crippen molar-refractivity contribution in [2.45, 2.75) is 48.7 Å². The van der Waals surface area contributed by atoms with E-state index in [1.165, 1.54) is 29.3 Å². The molecular weight excluding hydrogens is 402 g/mol. The third kappa shape index (κ3) is 4.21. The molecule has 3 aliphatic heterocycles. The topological polar surface area (TPSA) is 79.0 Å². The molecule has 156 valence electrons. The predicted octanol–water partition coefficient (Wildman–Crippen LogP) is 1.48. The number of nitrogens with zero attached hydrogens (tertiary/aromatic N) is 2. The van der Waals surface area contributed by atoms with Gasteiger partial charge in [0, 0.05) is 43.8 Å². The second-order valence-corrected chi connectivity index (χ2v) is 9.66. The summed E-state index contributed by atoms with van der Waals surface area (Å²) in [7, 11) is -1.67. The van der Waals surface area contributed by atoms with Crippen molar-refractivity contribution < 1.29 is 17.9 Å². The Hall–Kier alpha value is -1.19. The molecule has 2 unspecified atom stereocenters. The van der Waals surface area contributed by atoms with Gasteiger partial charge in [-0.15, -0.1) is 12.4 Å². The summed E-state index contributed by atoms with van der Waals surface area (Å²) in [6.45, 7) is 1.56. The van der Waals surface area contributed by atoms with Crippen LogP contribution < -0.4 is 5.32 Å². The number of benzene rings is 1. The Balaban J connectivity index is 0.00000225. The number of halogens is 1. The van der Waals surface area contributed by atoms with Gasteiger partial charge >= 0.3 is 0 Å². The number of hydrogen-bond donors (Lipinski definition) is 1. The van der Waals surface area contributed by atoms with Crippen LogP contribution >= 0.6 is 12.4 Å². The van der Waals surface area contributed by atoms with Crippen LogP contribution in [0.3, 0.4) is 0 Å². The van der Waals surface area contributed by atoms with Gasteiger partial charge in [-0.3, -0.25) is 4.79 Å². The van der Waals surface area contributed by atoms with Crippen LogP contribution in [0.1, 0.15) is 36.0 Å². The molecule has 7 nitrogen and oxygen atoms in total. The minimum absolute atomic E-state index is 0. The molecule has 3 heterocycles. The largest absolute Gasteiger partial charge is 0.379 e. The highest BCUT2D eigenvalue weighted by Crippen LogP contribution is 2.30. The van der Waals surface area contributed by atoms with Gasteiger partial charge in [-0.25, -0.2) is 8.42 Å². The van der Waals surface area contributed by atoms with E-state index in [-0.39, 0.29) is 29.3 Å². The summed E-state index contributed by atoms with van der Waals surface area (Å²) in [4.78, 5) is 14.9. The molecule has 28 heavy (non-hydrogen) atoms. The van der Waals surface area contributed by atoms with Crippen molar-refractivity contribution in [3.63, 3.8) is 0 Å². The molecule has 0 aliphatic carbocycles. The van der Waals surface area contributed by atoms with Crippen molar-refractivity contribution in [2.24, 2.45) is 0 Å². The van der Waals surface area contributed by atoms with E-state index in [0.717, 1.165) is 12.8 Å². The molecule has 1 amide bonds. The number of hydrogen-bond acceptors (Lipinski definition) is 5. The zero-order valence-electron chi connectivity index (χ0n) is 16.0. The Labute approximate surface area is 172 Å². The molecule has 1 N–H and O–H groups in total. The number of amides is 1. The number of nitrogens with one attached hydrogen (secondary N) is 1. The van der Waals surface area contributed by atoms with Crippen LogP contribution in [0.4, 0.5) is 0 Å². The first-order valence-corrected chi connectivity index (χ1v) is 11.1. The first-order valence-electron chi connectivity index (χ1n) is 9.66. The van der Waals surface area contributed by atoms with Gasteiger partial charge in [0.05, 0.1) is 18.1 Å². The van der Waals surface area contributed by atoms with Crippen LogP contribution in [0.2, 0.25) is 0 Å². The molecule has 2 bridgehead atoms. The number of rotatable bonds is 4. The first kappa shape index (κ1) is 21.5. The summed E-state index contributed by atoms with van der Waals surface area (Å²) in [6.07, 6.45) is 4.36. The van der Waals surface area contributed by atoms with Gasteiger partial charge in [-0.1, -0.05) is 0 Å². The third-order valence-electron chi connectivity index (χ3n) is 6.03. The number of ether oxygens (including phenoxy) is 1. The summed E-state index contributed by atoms with van der Waals surface area (Å²) in [5, 5.41) is 3.59. The fourth-order valence-corrected chi connectivity index (χ4v) is 5.83. The van der Waals surface area contributed by atoms with Crippen LogP contribution in [0, 0.1) is 0 Å². The van der Waals surface area contributed by atoms with E-state index in [9.17, 15) is 13.2 Å². The highest BCUT2D eigenvalue weighted by molar-refractivity contribution is 7.89. The lowest BCUT2D eigenvalue weighted by Crippen LogP contribution is -2.48. The van der Waals surface area contributed by atoms with Crippen molar-refractivity contribution in [3.8, 4) is 0 Å². The highest BCUT2D eigenvalue weighted by Gasteiger charge is 2.36. The SMILES string of the molecule is CN(C(=O)c1ccc(S(=O)(=O)N2CCOCC2)cc1)C1CC2CCC(C1)N2.Cl. The van der Waals surface area contributed by atoms with Crippen molar-refractivity contribution in [1.82, 2.24) is 14.5 Å². The maximum atomic E-state index is 12.9. The predicted molar refractivity (Wildman–Crippen MR) is 108 cm³/mol. The van der Waals surface area contributed by atoms with Gasteiger partial charge in [-0.2, -0.15) is 4.31 Å². The van der Waals surface area contributed by atoms with Crippen molar-refractivity contribution >= 4 is 28.3 Å². The molecular formula is C19H28ClN3O4S. The van der Waals surface area contributed by atoms with E-state index in [1.807, 2.05) is 11.9 Å². The summed E-state index contributed by atoms with van der Waals surface area (Å²) in [6, 6.07) is 7.61.